The average molecular weight is 1050 g/mol. The van der Waals surface area contributed by atoms with Crippen molar-refractivity contribution in [3.8, 4) is 5.75 Å². The van der Waals surface area contributed by atoms with Crippen LogP contribution in [0, 0.1) is 27.7 Å². The fraction of sp³-hybridized carbons (Fsp3) is 0.195. The van der Waals surface area contributed by atoms with E-state index in [9.17, 15) is 31.2 Å². The summed E-state index contributed by atoms with van der Waals surface area (Å²) in [5.41, 5.74) is 6.11. The van der Waals surface area contributed by atoms with Crippen LogP contribution in [0.2, 0.25) is 0 Å². The molecule has 0 unspecified atom stereocenters. The van der Waals surface area contributed by atoms with Crippen molar-refractivity contribution in [1.82, 2.24) is 19.9 Å². The van der Waals surface area contributed by atoms with E-state index in [1.54, 1.807) is 34.6 Å². The molecule has 356 valence electrons. The zero-order chi connectivity index (χ0) is 49.9. The number of amides is 2. The molecule has 0 fully saturated rings. The van der Waals surface area contributed by atoms with E-state index < -0.39 is 47.7 Å². The maximum absolute atomic E-state index is 13.2. The molecule has 68 heavy (non-hydrogen) atoms. The van der Waals surface area contributed by atoms with E-state index in [0.717, 1.165) is 0 Å². The highest BCUT2D eigenvalue weighted by atomic mass is 35.5. The number of carbonyl (C=O) groups is 3. The molecule has 0 aliphatic heterocycles. The van der Waals surface area contributed by atoms with Crippen molar-refractivity contribution < 1.29 is 40.7 Å². The Bertz CT molecular complexity index is 3110. The fourth-order valence-corrected chi connectivity index (χ4v) is 7.98. The molecule has 6 aromatic rings. The van der Waals surface area contributed by atoms with Crippen LogP contribution in [0.1, 0.15) is 30.0 Å². The number of hydrogen-bond acceptors (Lipinski definition) is 17. The third-order valence-corrected chi connectivity index (χ3v) is 11.9. The number of nitrogens with zero attached hydrogens (tertiary/aromatic N) is 8. The monoisotopic (exact) mass is 1050 g/mol. The summed E-state index contributed by atoms with van der Waals surface area (Å²) >= 11 is 23.4. The maximum atomic E-state index is 13.2. The average Bonchev–Trinajstić information content (AvgIpc) is 3.25. The predicted molar refractivity (Wildman–Crippen MR) is 256 cm³/mol. The fourth-order valence-electron chi connectivity index (χ4n) is 5.80. The van der Waals surface area contributed by atoms with Gasteiger partial charge in [-0.1, -0.05) is 58.5 Å². The first kappa shape index (κ1) is 52.3. The van der Waals surface area contributed by atoms with E-state index in [1.165, 1.54) is 84.9 Å². The van der Waals surface area contributed by atoms with Crippen LogP contribution in [0.4, 0.5) is 44.9 Å². The first-order valence-corrected chi connectivity index (χ1v) is 24.1. The number of anilines is 3. The first-order chi connectivity index (χ1) is 32.0. The lowest BCUT2D eigenvalue weighted by atomic mass is 10.0. The molecule has 0 saturated heterocycles. The van der Waals surface area contributed by atoms with E-state index in [4.69, 9.17) is 51.1 Å². The molecule has 2 heterocycles. The van der Waals surface area contributed by atoms with Gasteiger partial charge < -0.3 is 20.5 Å². The first-order valence-electron chi connectivity index (χ1n) is 19.4. The van der Waals surface area contributed by atoms with Gasteiger partial charge in [-0.25, -0.2) is 46.4 Å². The van der Waals surface area contributed by atoms with Gasteiger partial charge in [0.25, 0.3) is 26.0 Å². The smallest absolute Gasteiger partial charge is 0.404 e. The van der Waals surface area contributed by atoms with Gasteiger partial charge in [-0.05, 0) is 95.3 Å². The minimum absolute atomic E-state index is 0.0363. The quantitative estimate of drug-likeness (QED) is 0.0323. The number of halogens is 4. The number of nitrogens with two attached hydrogens (primary N) is 1. The number of aromatic nitrogens is 4. The van der Waals surface area contributed by atoms with Gasteiger partial charge in [0.15, 0.2) is 10.6 Å². The van der Waals surface area contributed by atoms with Crippen molar-refractivity contribution in [3.05, 3.63) is 108 Å². The highest BCUT2D eigenvalue weighted by Crippen LogP contribution is 2.46. The molecule has 0 saturated carbocycles. The van der Waals surface area contributed by atoms with Gasteiger partial charge in [0.1, 0.15) is 29.0 Å². The lowest BCUT2D eigenvalue weighted by Gasteiger charge is -2.16. The summed E-state index contributed by atoms with van der Waals surface area (Å²) in [7, 11) is -8.12. The molecule has 2 amide bonds. The minimum Gasteiger partial charge on any atom is -0.450 e. The SMILES string of the molecule is CCOC(N)=O.Cc1cc(NS(=O)(=O)c2ccc(N=Nc3cc(N=Nc4ccc(S(=O)(=O)Nc5cc(C)nc(C)n5)cc4)c4c(NC(=O)C(Cl)Cl)cccc4c3OC(=O)C(Cl)Cl)cc2)nc(C)n1. The molecule has 0 atom stereocenters. The molecular formula is C41H38Cl4N12O9S2. The van der Waals surface area contributed by atoms with Crippen LogP contribution < -0.4 is 25.2 Å². The predicted octanol–water partition coefficient (Wildman–Crippen LogP) is 9.64. The number of hydrogen-bond donors (Lipinski definition) is 4. The second kappa shape index (κ2) is 22.9. The van der Waals surface area contributed by atoms with Crippen molar-refractivity contribution in [1.29, 1.82) is 0 Å². The van der Waals surface area contributed by atoms with Gasteiger partial charge in [0.2, 0.25) is 4.84 Å². The van der Waals surface area contributed by atoms with Crippen LogP contribution >= 0.6 is 46.4 Å². The Morgan fingerprint density at radius 1 is 0.662 bits per heavy atom. The lowest BCUT2D eigenvalue weighted by molar-refractivity contribution is -0.132. The molecule has 2 aromatic heterocycles. The van der Waals surface area contributed by atoms with Gasteiger partial charge in [0.05, 0.1) is 39.1 Å². The van der Waals surface area contributed by atoms with Crippen molar-refractivity contribution >= 4 is 135 Å². The molecule has 21 nitrogen and oxygen atoms in total. The summed E-state index contributed by atoms with van der Waals surface area (Å²) in [5, 5.41) is 20.1. The van der Waals surface area contributed by atoms with Crippen LogP contribution in [0.25, 0.3) is 10.8 Å². The molecule has 0 aliphatic carbocycles. The van der Waals surface area contributed by atoms with Crippen LogP contribution in [-0.4, -0.2) is 71.0 Å². The summed E-state index contributed by atoms with van der Waals surface area (Å²) in [4.78, 5) is 48.4. The van der Waals surface area contributed by atoms with Gasteiger partial charge in [-0.2, -0.15) is 10.2 Å². The number of benzene rings is 4. The normalized spacial score (nSPS) is 11.7. The largest absolute Gasteiger partial charge is 0.450 e. The maximum Gasteiger partial charge on any atom is 0.404 e. The number of ether oxygens (including phenoxy) is 2. The van der Waals surface area contributed by atoms with Crippen LogP contribution in [-0.2, 0) is 34.4 Å². The van der Waals surface area contributed by atoms with Crippen molar-refractivity contribution in [3.63, 3.8) is 0 Å². The number of azo groups is 2. The highest BCUT2D eigenvalue weighted by Gasteiger charge is 2.24. The number of rotatable bonds is 15. The number of aryl methyl sites for hydroxylation is 4. The lowest BCUT2D eigenvalue weighted by Crippen LogP contribution is -2.19. The Kier molecular flexibility index (Phi) is 17.6. The molecule has 6 rings (SSSR count). The second-order valence-electron chi connectivity index (χ2n) is 13.7. The third kappa shape index (κ3) is 14.4. The summed E-state index contributed by atoms with van der Waals surface area (Å²) in [6.45, 7) is 8.74. The Balaban J connectivity index is 0.00000135. The number of fused-ring (bicyclic) bond motifs is 1. The van der Waals surface area contributed by atoms with Crippen molar-refractivity contribution in [2.24, 2.45) is 26.2 Å². The van der Waals surface area contributed by atoms with E-state index in [-0.39, 0.29) is 66.4 Å². The molecule has 0 bridgehead atoms. The summed E-state index contributed by atoms with van der Waals surface area (Å²) in [6.07, 6.45) is -0.711. The molecular weight excluding hydrogens is 1010 g/mol. The number of carbonyl (C=O) groups excluding carboxylic acids is 3. The van der Waals surface area contributed by atoms with E-state index in [1.807, 2.05) is 0 Å². The molecule has 0 aliphatic rings. The number of alkyl halides is 4. The molecule has 5 N–H and O–H groups in total. The van der Waals surface area contributed by atoms with E-state index in [2.05, 4.69) is 65.6 Å². The topological polar surface area (TPSA) is 301 Å². The molecule has 0 spiro atoms. The molecule has 4 aromatic carbocycles. The summed E-state index contributed by atoms with van der Waals surface area (Å²) in [5.74, 6) is -1.13. The Morgan fingerprint density at radius 2 is 1.15 bits per heavy atom. The zero-order valence-electron chi connectivity index (χ0n) is 36.1. The van der Waals surface area contributed by atoms with Crippen LogP contribution in [0.15, 0.2) is 115 Å². The third-order valence-electron chi connectivity index (χ3n) is 8.45. The van der Waals surface area contributed by atoms with Gasteiger partial charge in [-0.3, -0.25) is 14.2 Å². The number of sulfonamides is 2. The second-order valence-corrected chi connectivity index (χ2v) is 19.3. The van der Waals surface area contributed by atoms with Gasteiger partial charge >= 0.3 is 12.1 Å². The molecule has 0 radical (unpaired) electrons. The van der Waals surface area contributed by atoms with Crippen LogP contribution in [0.3, 0.4) is 0 Å². The number of nitrogens with one attached hydrogen (secondary N) is 3. The van der Waals surface area contributed by atoms with Crippen molar-refractivity contribution in [2.45, 2.75) is 54.1 Å². The Labute approximate surface area is 409 Å². The Morgan fingerprint density at radius 3 is 1.56 bits per heavy atom. The van der Waals surface area contributed by atoms with E-state index in [0.29, 0.717) is 29.6 Å². The van der Waals surface area contributed by atoms with Crippen molar-refractivity contribution in [2.75, 3.05) is 21.4 Å². The van der Waals surface area contributed by atoms with Crippen LogP contribution in [0.5, 0.6) is 5.75 Å². The van der Waals surface area contributed by atoms with E-state index >= 15 is 0 Å². The zero-order valence-corrected chi connectivity index (χ0v) is 40.8. The number of primary amides is 1. The minimum atomic E-state index is -4.06. The highest BCUT2D eigenvalue weighted by molar-refractivity contribution is 7.93. The standard InChI is InChI=1S/C38H31Cl4N11O7S2.C3H7NO2/c1-19-16-31(45-21(3)43-19)52-61(56,57)25-12-8-23(9-13-25)48-50-29-18-30(34(60-38(55)36(41)42)27-6-5-7-28(33(27)29)47-37(54)35(39)40)51-49-24-10-14-26(15-11-24)62(58,59)53-32-17-20(2)44-22(4)46-32;1-2-6-3(4)5/h5-18,35-36H,1-4H3,(H,47,54)(H,43,45,52)(H,44,46,53);2H2,1H3,(H2,4,5). The Hall–Kier alpha value is -6.63. The van der Waals surface area contributed by atoms with Gasteiger partial charge in [0, 0.05) is 34.3 Å². The summed E-state index contributed by atoms with van der Waals surface area (Å²) < 4.78 is 67.2. The van der Waals surface area contributed by atoms with Gasteiger partial charge in [-0.15, -0.1) is 10.2 Å². The number of esters is 1. The summed E-state index contributed by atoms with van der Waals surface area (Å²) in [6, 6.07) is 19.6. The molecule has 27 heteroatoms.